The fraction of sp³-hybridized carbons (Fsp3) is 0.286. The summed E-state index contributed by atoms with van der Waals surface area (Å²) in [6.07, 6.45) is 0.376. The van der Waals surface area contributed by atoms with Gasteiger partial charge in [0.15, 0.2) is 6.61 Å². The SMILES string of the molecule is Cc1cccc(C)c1OCC(=O)OCCCN1C(=O)c2ccccc2C1=O. The van der Waals surface area contributed by atoms with Crippen LogP contribution in [0.3, 0.4) is 0 Å². The van der Waals surface area contributed by atoms with Crippen molar-refractivity contribution in [3.05, 3.63) is 64.7 Å². The number of aryl methyl sites for hydroxylation is 2. The third kappa shape index (κ3) is 4.00. The molecule has 1 aliphatic heterocycles. The van der Waals surface area contributed by atoms with E-state index < -0.39 is 5.97 Å². The van der Waals surface area contributed by atoms with E-state index >= 15 is 0 Å². The van der Waals surface area contributed by atoms with Gasteiger partial charge in [-0.25, -0.2) is 4.79 Å². The van der Waals surface area contributed by atoms with Crippen LogP contribution in [0.15, 0.2) is 42.5 Å². The number of amides is 2. The molecule has 6 heteroatoms. The predicted molar refractivity (Wildman–Crippen MR) is 98.8 cm³/mol. The van der Waals surface area contributed by atoms with E-state index in [1.54, 1.807) is 24.3 Å². The maximum atomic E-state index is 12.2. The number of rotatable bonds is 7. The highest BCUT2D eigenvalue weighted by molar-refractivity contribution is 6.21. The lowest BCUT2D eigenvalue weighted by atomic mass is 10.1. The topological polar surface area (TPSA) is 72.9 Å². The lowest BCUT2D eigenvalue weighted by Crippen LogP contribution is -2.31. The van der Waals surface area contributed by atoms with Crippen LogP contribution in [0.25, 0.3) is 0 Å². The van der Waals surface area contributed by atoms with Crippen LogP contribution in [0, 0.1) is 13.8 Å². The van der Waals surface area contributed by atoms with Crippen LogP contribution in [-0.2, 0) is 9.53 Å². The molecule has 0 saturated carbocycles. The van der Waals surface area contributed by atoms with Crippen molar-refractivity contribution in [1.29, 1.82) is 0 Å². The van der Waals surface area contributed by atoms with Gasteiger partial charge in [-0.3, -0.25) is 14.5 Å². The molecule has 0 spiro atoms. The quantitative estimate of drug-likeness (QED) is 0.427. The second kappa shape index (κ2) is 8.03. The molecule has 0 bridgehead atoms. The van der Waals surface area contributed by atoms with E-state index in [1.165, 1.54) is 4.90 Å². The lowest BCUT2D eigenvalue weighted by molar-refractivity contribution is -0.146. The number of carbonyl (C=O) groups is 3. The van der Waals surface area contributed by atoms with E-state index in [0.29, 0.717) is 23.3 Å². The summed E-state index contributed by atoms with van der Waals surface area (Å²) < 4.78 is 10.7. The fourth-order valence-corrected chi connectivity index (χ4v) is 3.05. The van der Waals surface area contributed by atoms with Crippen molar-refractivity contribution in [3.63, 3.8) is 0 Å². The number of nitrogens with zero attached hydrogens (tertiary/aromatic N) is 1. The Labute approximate surface area is 157 Å². The Bertz CT molecular complexity index is 835. The number of fused-ring (bicyclic) bond motifs is 1. The Hall–Kier alpha value is -3.15. The number of carbonyl (C=O) groups excluding carboxylic acids is 3. The van der Waals surface area contributed by atoms with Gasteiger partial charge < -0.3 is 9.47 Å². The molecule has 27 heavy (non-hydrogen) atoms. The summed E-state index contributed by atoms with van der Waals surface area (Å²) in [6, 6.07) is 12.5. The summed E-state index contributed by atoms with van der Waals surface area (Å²) in [4.78, 5) is 37.5. The van der Waals surface area contributed by atoms with Gasteiger partial charge in [-0.15, -0.1) is 0 Å². The number of hydrogen-bond acceptors (Lipinski definition) is 5. The Kier molecular flexibility index (Phi) is 5.54. The van der Waals surface area contributed by atoms with Crippen LogP contribution in [0.1, 0.15) is 38.3 Å². The molecule has 6 nitrogen and oxygen atoms in total. The van der Waals surface area contributed by atoms with Gasteiger partial charge in [0.05, 0.1) is 17.7 Å². The number of imide groups is 1. The smallest absolute Gasteiger partial charge is 0.344 e. The molecule has 0 aliphatic carbocycles. The molecule has 2 amide bonds. The summed E-state index contributed by atoms with van der Waals surface area (Å²) in [5.74, 6) is -0.416. The molecule has 0 N–H and O–H groups in total. The van der Waals surface area contributed by atoms with E-state index in [0.717, 1.165) is 11.1 Å². The van der Waals surface area contributed by atoms with Crippen molar-refractivity contribution in [2.45, 2.75) is 20.3 Å². The van der Waals surface area contributed by atoms with Crippen molar-refractivity contribution in [3.8, 4) is 5.75 Å². The molecule has 2 aromatic rings. The van der Waals surface area contributed by atoms with E-state index in [2.05, 4.69) is 0 Å². The first-order valence-corrected chi connectivity index (χ1v) is 8.79. The first-order valence-electron chi connectivity index (χ1n) is 8.79. The summed E-state index contributed by atoms with van der Waals surface area (Å²) in [7, 11) is 0. The zero-order chi connectivity index (χ0) is 19.4. The number of para-hydroxylation sites is 1. The van der Waals surface area contributed by atoms with Crippen LogP contribution in [0.5, 0.6) is 5.75 Å². The van der Waals surface area contributed by atoms with E-state index in [9.17, 15) is 14.4 Å². The molecule has 0 aromatic heterocycles. The van der Waals surface area contributed by atoms with Crippen LogP contribution in [0.2, 0.25) is 0 Å². The molecule has 0 unspecified atom stereocenters. The van der Waals surface area contributed by atoms with E-state index in [1.807, 2.05) is 32.0 Å². The summed E-state index contributed by atoms with van der Waals surface area (Å²) in [5.41, 5.74) is 2.74. The molecule has 0 atom stereocenters. The van der Waals surface area contributed by atoms with Gasteiger partial charge in [0.1, 0.15) is 5.75 Å². The van der Waals surface area contributed by atoms with Crippen LogP contribution < -0.4 is 4.74 Å². The van der Waals surface area contributed by atoms with Gasteiger partial charge in [-0.1, -0.05) is 30.3 Å². The summed E-state index contributed by atoms with van der Waals surface area (Å²) in [6.45, 7) is 3.96. The van der Waals surface area contributed by atoms with Crippen molar-refractivity contribution in [2.75, 3.05) is 19.8 Å². The Morgan fingerprint density at radius 1 is 0.926 bits per heavy atom. The largest absolute Gasteiger partial charge is 0.481 e. The average Bonchev–Trinajstić information content (AvgIpc) is 2.90. The first kappa shape index (κ1) is 18.6. The maximum absolute atomic E-state index is 12.2. The lowest BCUT2D eigenvalue weighted by Gasteiger charge is -2.14. The Balaban J connectivity index is 1.42. The number of esters is 1. The highest BCUT2D eigenvalue weighted by Crippen LogP contribution is 2.23. The van der Waals surface area contributed by atoms with Gasteiger partial charge in [-0.2, -0.15) is 0 Å². The summed E-state index contributed by atoms with van der Waals surface area (Å²) >= 11 is 0. The highest BCUT2D eigenvalue weighted by atomic mass is 16.6. The monoisotopic (exact) mass is 367 g/mol. The third-order valence-corrected chi connectivity index (χ3v) is 4.41. The molecule has 0 saturated heterocycles. The van der Waals surface area contributed by atoms with Gasteiger partial charge in [0, 0.05) is 6.54 Å². The second-order valence-corrected chi connectivity index (χ2v) is 6.39. The minimum absolute atomic E-state index is 0.113. The van der Waals surface area contributed by atoms with Crippen LogP contribution in [0.4, 0.5) is 0 Å². The van der Waals surface area contributed by atoms with Gasteiger partial charge in [0.25, 0.3) is 11.8 Å². The molecule has 140 valence electrons. The van der Waals surface area contributed by atoms with Gasteiger partial charge in [-0.05, 0) is 43.5 Å². The van der Waals surface area contributed by atoms with Crippen molar-refractivity contribution in [2.24, 2.45) is 0 Å². The van der Waals surface area contributed by atoms with Crippen molar-refractivity contribution < 1.29 is 23.9 Å². The predicted octanol–water partition coefficient (Wildman–Crippen LogP) is 2.91. The molecule has 1 aliphatic rings. The molecular weight excluding hydrogens is 346 g/mol. The van der Waals surface area contributed by atoms with Crippen LogP contribution in [-0.4, -0.2) is 42.4 Å². The van der Waals surface area contributed by atoms with Crippen molar-refractivity contribution in [1.82, 2.24) is 4.90 Å². The van der Waals surface area contributed by atoms with Gasteiger partial charge in [0.2, 0.25) is 0 Å². The minimum atomic E-state index is -0.486. The highest BCUT2D eigenvalue weighted by Gasteiger charge is 2.34. The third-order valence-electron chi connectivity index (χ3n) is 4.41. The second-order valence-electron chi connectivity index (χ2n) is 6.39. The first-order chi connectivity index (χ1) is 13.0. The van der Waals surface area contributed by atoms with Crippen LogP contribution >= 0.6 is 0 Å². The number of ether oxygens (including phenoxy) is 2. The van der Waals surface area contributed by atoms with E-state index in [4.69, 9.17) is 9.47 Å². The maximum Gasteiger partial charge on any atom is 0.344 e. The zero-order valence-electron chi connectivity index (χ0n) is 15.4. The standard InChI is InChI=1S/C21H21NO5/c1-14-7-5-8-15(2)19(14)27-13-18(23)26-12-6-11-22-20(24)16-9-3-4-10-17(16)21(22)25/h3-5,7-10H,6,11-13H2,1-2H3. The number of benzene rings is 2. The number of hydrogen-bond donors (Lipinski definition) is 0. The van der Waals surface area contributed by atoms with E-state index in [-0.39, 0.29) is 31.6 Å². The molecule has 2 aromatic carbocycles. The molecule has 1 heterocycles. The normalized spacial score (nSPS) is 12.9. The van der Waals surface area contributed by atoms with Crippen molar-refractivity contribution >= 4 is 17.8 Å². The Morgan fingerprint density at radius 3 is 2.11 bits per heavy atom. The average molecular weight is 367 g/mol. The fourth-order valence-electron chi connectivity index (χ4n) is 3.05. The van der Waals surface area contributed by atoms with Gasteiger partial charge >= 0.3 is 5.97 Å². The minimum Gasteiger partial charge on any atom is -0.481 e. The summed E-state index contributed by atoms with van der Waals surface area (Å²) in [5, 5.41) is 0. The molecule has 0 radical (unpaired) electrons. The molecular formula is C21H21NO5. The Morgan fingerprint density at radius 2 is 1.52 bits per heavy atom. The molecule has 3 rings (SSSR count). The zero-order valence-corrected chi connectivity index (χ0v) is 15.4. The molecule has 0 fully saturated rings.